The topological polar surface area (TPSA) is 69.2 Å². The van der Waals surface area contributed by atoms with E-state index < -0.39 is 0 Å². The molecule has 1 aromatic carbocycles. The van der Waals surface area contributed by atoms with Crippen LogP contribution in [0, 0.1) is 10.1 Å². The normalized spacial score (nSPS) is 10.3. The van der Waals surface area contributed by atoms with Gasteiger partial charge in [-0.3, -0.25) is 10.1 Å². The molecule has 0 aromatic heterocycles. The number of nitro benzene ring substituents is 1. The monoisotopic (exact) mass is 208 g/mol. The molecule has 0 aliphatic heterocycles. The third-order valence-corrected chi connectivity index (χ3v) is 2.45. The molecule has 0 fully saturated rings. The maximum atomic E-state index is 10.8. The van der Waals surface area contributed by atoms with Crippen LogP contribution in [0.5, 0.6) is 0 Å². The molecule has 0 atom stereocenters. The average molecular weight is 208 g/mol. The Hall–Kier alpha value is -1.42. The Balaban J connectivity index is 3.08. The molecule has 2 N–H and O–H groups in total. The number of hydrogen-bond donors (Lipinski definition) is 1. The van der Waals surface area contributed by atoms with Crippen LogP contribution in [0.25, 0.3) is 0 Å². The van der Waals surface area contributed by atoms with Gasteiger partial charge in [-0.25, -0.2) is 0 Å². The van der Waals surface area contributed by atoms with Crippen molar-refractivity contribution in [3.8, 4) is 0 Å². The van der Waals surface area contributed by atoms with Crippen LogP contribution in [-0.2, 0) is 13.0 Å². The molecule has 0 saturated heterocycles. The van der Waals surface area contributed by atoms with E-state index in [4.69, 9.17) is 5.73 Å². The highest BCUT2D eigenvalue weighted by atomic mass is 16.6. The summed E-state index contributed by atoms with van der Waals surface area (Å²) in [5, 5.41) is 10.8. The molecule has 15 heavy (non-hydrogen) atoms. The van der Waals surface area contributed by atoms with E-state index in [9.17, 15) is 10.1 Å². The minimum absolute atomic E-state index is 0.200. The molecule has 4 heteroatoms. The van der Waals surface area contributed by atoms with Crippen molar-refractivity contribution >= 4 is 5.69 Å². The van der Waals surface area contributed by atoms with Gasteiger partial charge in [0.2, 0.25) is 0 Å². The standard InChI is InChI=1S/C11H16N2O2/c1-2-3-6-10-9(8-12)5-4-7-11(10)13(14)15/h4-5,7H,2-3,6,8,12H2,1H3. The van der Waals surface area contributed by atoms with Crippen LogP contribution in [0.2, 0.25) is 0 Å². The SMILES string of the molecule is CCCCc1c(CN)cccc1[N+](=O)[O-]. The van der Waals surface area contributed by atoms with Crippen LogP contribution >= 0.6 is 0 Å². The van der Waals surface area contributed by atoms with Gasteiger partial charge in [-0.1, -0.05) is 25.5 Å². The van der Waals surface area contributed by atoms with E-state index in [-0.39, 0.29) is 10.6 Å². The first-order chi connectivity index (χ1) is 7.20. The number of benzene rings is 1. The van der Waals surface area contributed by atoms with Crippen molar-refractivity contribution in [2.24, 2.45) is 5.73 Å². The first kappa shape index (κ1) is 11.7. The summed E-state index contributed by atoms with van der Waals surface area (Å²) in [5.41, 5.74) is 7.45. The van der Waals surface area contributed by atoms with Crippen molar-refractivity contribution in [2.45, 2.75) is 32.7 Å². The van der Waals surface area contributed by atoms with Gasteiger partial charge < -0.3 is 5.73 Å². The van der Waals surface area contributed by atoms with Crippen LogP contribution < -0.4 is 5.73 Å². The minimum Gasteiger partial charge on any atom is -0.326 e. The van der Waals surface area contributed by atoms with E-state index in [1.165, 1.54) is 0 Å². The van der Waals surface area contributed by atoms with Gasteiger partial charge in [0.15, 0.2) is 0 Å². The predicted octanol–water partition coefficient (Wildman–Crippen LogP) is 2.40. The van der Waals surface area contributed by atoms with Gasteiger partial charge in [0.1, 0.15) is 0 Å². The highest BCUT2D eigenvalue weighted by Gasteiger charge is 2.15. The van der Waals surface area contributed by atoms with Gasteiger partial charge in [-0.15, -0.1) is 0 Å². The van der Waals surface area contributed by atoms with Crippen molar-refractivity contribution in [1.29, 1.82) is 0 Å². The summed E-state index contributed by atoms with van der Waals surface area (Å²) in [6.07, 6.45) is 2.72. The molecule has 1 rings (SSSR count). The molecular weight excluding hydrogens is 192 g/mol. The van der Waals surface area contributed by atoms with Crippen LogP contribution in [0.4, 0.5) is 5.69 Å². The first-order valence-corrected chi connectivity index (χ1v) is 5.16. The lowest BCUT2D eigenvalue weighted by molar-refractivity contribution is -0.385. The van der Waals surface area contributed by atoms with Gasteiger partial charge in [0, 0.05) is 18.2 Å². The molecule has 82 valence electrons. The number of hydrogen-bond acceptors (Lipinski definition) is 3. The predicted molar refractivity (Wildman–Crippen MR) is 59.6 cm³/mol. The third-order valence-electron chi connectivity index (χ3n) is 2.45. The minimum atomic E-state index is -0.329. The van der Waals surface area contributed by atoms with Crippen LogP contribution in [0.15, 0.2) is 18.2 Å². The van der Waals surface area contributed by atoms with Crippen molar-refractivity contribution in [3.05, 3.63) is 39.4 Å². The van der Waals surface area contributed by atoms with Gasteiger partial charge in [0.05, 0.1) is 4.92 Å². The second-order valence-electron chi connectivity index (χ2n) is 3.48. The highest BCUT2D eigenvalue weighted by Crippen LogP contribution is 2.23. The van der Waals surface area contributed by atoms with Gasteiger partial charge in [-0.05, 0) is 18.4 Å². The summed E-state index contributed by atoms with van der Waals surface area (Å²) in [4.78, 5) is 10.5. The number of nitrogens with zero attached hydrogens (tertiary/aromatic N) is 1. The van der Waals surface area contributed by atoms with Crippen molar-refractivity contribution in [1.82, 2.24) is 0 Å². The number of nitro groups is 1. The molecule has 0 aliphatic carbocycles. The van der Waals surface area contributed by atoms with Crippen molar-refractivity contribution in [3.63, 3.8) is 0 Å². The van der Waals surface area contributed by atoms with Crippen LogP contribution in [-0.4, -0.2) is 4.92 Å². The zero-order valence-corrected chi connectivity index (χ0v) is 8.90. The molecule has 1 aromatic rings. The maximum absolute atomic E-state index is 10.8. The Labute approximate surface area is 89.2 Å². The Kier molecular flexibility index (Phi) is 4.24. The Bertz CT molecular complexity index is 350. The Morgan fingerprint density at radius 3 is 2.73 bits per heavy atom. The second kappa shape index (κ2) is 5.46. The van der Waals surface area contributed by atoms with E-state index in [0.29, 0.717) is 6.54 Å². The lowest BCUT2D eigenvalue weighted by Crippen LogP contribution is -2.05. The van der Waals surface area contributed by atoms with Crippen LogP contribution in [0.3, 0.4) is 0 Å². The Morgan fingerprint density at radius 1 is 1.47 bits per heavy atom. The summed E-state index contributed by atoms with van der Waals surface area (Å²) < 4.78 is 0. The largest absolute Gasteiger partial charge is 0.326 e. The quantitative estimate of drug-likeness (QED) is 0.596. The molecule has 0 unspecified atom stereocenters. The fraction of sp³-hybridized carbons (Fsp3) is 0.455. The molecular formula is C11H16N2O2. The third kappa shape index (κ3) is 2.76. The van der Waals surface area contributed by atoms with Crippen molar-refractivity contribution in [2.75, 3.05) is 0 Å². The average Bonchev–Trinajstić information content (AvgIpc) is 2.25. The molecule has 0 aliphatic rings. The van der Waals surface area contributed by atoms with Crippen molar-refractivity contribution < 1.29 is 4.92 Å². The van der Waals surface area contributed by atoms with E-state index in [1.54, 1.807) is 12.1 Å². The fourth-order valence-electron chi connectivity index (χ4n) is 1.63. The molecule has 0 spiro atoms. The molecule has 0 heterocycles. The van der Waals surface area contributed by atoms with Gasteiger partial charge >= 0.3 is 0 Å². The zero-order valence-electron chi connectivity index (χ0n) is 8.90. The summed E-state index contributed by atoms with van der Waals surface area (Å²) >= 11 is 0. The van der Waals surface area contributed by atoms with E-state index >= 15 is 0 Å². The maximum Gasteiger partial charge on any atom is 0.272 e. The molecule has 0 bridgehead atoms. The molecule has 4 nitrogen and oxygen atoms in total. The Morgan fingerprint density at radius 2 is 2.20 bits per heavy atom. The van der Waals surface area contributed by atoms with E-state index in [1.807, 2.05) is 6.07 Å². The zero-order chi connectivity index (χ0) is 11.3. The number of nitrogens with two attached hydrogens (primary N) is 1. The van der Waals surface area contributed by atoms with Gasteiger partial charge in [-0.2, -0.15) is 0 Å². The summed E-state index contributed by atoms with van der Waals surface area (Å²) in [5.74, 6) is 0. The molecule has 0 amide bonds. The summed E-state index contributed by atoms with van der Waals surface area (Å²) in [6.45, 7) is 2.43. The number of unbranched alkanes of at least 4 members (excludes halogenated alkanes) is 1. The van der Waals surface area contributed by atoms with Crippen LogP contribution in [0.1, 0.15) is 30.9 Å². The lowest BCUT2D eigenvalue weighted by atomic mass is 10.00. The highest BCUT2D eigenvalue weighted by molar-refractivity contribution is 5.45. The molecule has 0 radical (unpaired) electrons. The van der Waals surface area contributed by atoms with E-state index in [0.717, 1.165) is 30.4 Å². The van der Waals surface area contributed by atoms with E-state index in [2.05, 4.69) is 6.92 Å². The molecule has 0 saturated carbocycles. The fourth-order valence-corrected chi connectivity index (χ4v) is 1.63. The second-order valence-corrected chi connectivity index (χ2v) is 3.48. The lowest BCUT2D eigenvalue weighted by Gasteiger charge is -2.07. The van der Waals surface area contributed by atoms with Gasteiger partial charge in [0.25, 0.3) is 5.69 Å². The summed E-state index contributed by atoms with van der Waals surface area (Å²) in [6, 6.07) is 5.10. The summed E-state index contributed by atoms with van der Waals surface area (Å²) in [7, 11) is 0. The smallest absolute Gasteiger partial charge is 0.272 e. The number of rotatable bonds is 5. The first-order valence-electron chi connectivity index (χ1n) is 5.16.